The number of likely N-dealkylation sites (tertiary alicyclic amines) is 1. The molecule has 0 atom stereocenters. The molecule has 1 aliphatic heterocycles. The first kappa shape index (κ1) is 22.7. The number of rotatable bonds is 6. The number of nitrogens with one attached hydrogen (secondary N) is 2. The summed E-state index contributed by atoms with van der Waals surface area (Å²) >= 11 is 0. The van der Waals surface area contributed by atoms with Crippen LogP contribution in [0.4, 0.5) is 0 Å². The van der Waals surface area contributed by atoms with Crippen LogP contribution in [0.3, 0.4) is 0 Å². The highest BCUT2D eigenvalue weighted by Gasteiger charge is 2.18. The van der Waals surface area contributed by atoms with Gasteiger partial charge in [0.1, 0.15) is 0 Å². The Morgan fingerprint density at radius 3 is 2.00 bits per heavy atom. The van der Waals surface area contributed by atoms with Gasteiger partial charge in [0, 0.05) is 26.1 Å². The summed E-state index contributed by atoms with van der Waals surface area (Å²) in [6.07, 6.45) is 2.52. The lowest BCUT2D eigenvalue weighted by Gasteiger charge is -2.29. The summed E-state index contributed by atoms with van der Waals surface area (Å²) in [5.41, 5.74) is 2.64. The van der Waals surface area contributed by atoms with Crippen molar-refractivity contribution in [1.82, 2.24) is 15.5 Å². The first-order valence-electron chi connectivity index (χ1n) is 9.99. The van der Waals surface area contributed by atoms with Gasteiger partial charge in [-0.1, -0.05) is 60.7 Å². The summed E-state index contributed by atoms with van der Waals surface area (Å²) < 4.78 is 0. The van der Waals surface area contributed by atoms with Gasteiger partial charge in [-0.3, -0.25) is 4.99 Å². The zero-order valence-corrected chi connectivity index (χ0v) is 19.3. The van der Waals surface area contributed by atoms with Gasteiger partial charge in [0.15, 0.2) is 5.96 Å². The molecule has 5 heteroatoms. The van der Waals surface area contributed by atoms with Crippen LogP contribution in [0.5, 0.6) is 0 Å². The van der Waals surface area contributed by atoms with Crippen molar-refractivity contribution in [3.05, 3.63) is 71.8 Å². The molecular weight excluding hydrogens is 459 g/mol. The Hall–Kier alpha value is -1.60. The van der Waals surface area contributed by atoms with Crippen LogP contribution < -0.4 is 10.6 Å². The zero-order valence-electron chi connectivity index (χ0n) is 17.0. The molecule has 3 rings (SSSR count). The second kappa shape index (κ2) is 12.1. The highest BCUT2D eigenvalue weighted by Crippen LogP contribution is 2.23. The molecule has 28 heavy (non-hydrogen) atoms. The molecule has 1 fully saturated rings. The average molecular weight is 492 g/mol. The lowest BCUT2D eigenvalue weighted by atomic mass is 9.91. The molecule has 0 aliphatic carbocycles. The summed E-state index contributed by atoms with van der Waals surface area (Å²) in [5, 5.41) is 7.08. The van der Waals surface area contributed by atoms with Crippen LogP contribution in [0, 0.1) is 5.92 Å². The van der Waals surface area contributed by atoms with E-state index in [9.17, 15) is 0 Å². The Morgan fingerprint density at radius 1 is 0.964 bits per heavy atom. The lowest BCUT2D eigenvalue weighted by molar-refractivity contribution is 0.220. The number of nitrogens with zero attached hydrogens (tertiary/aromatic N) is 2. The summed E-state index contributed by atoms with van der Waals surface area (Å²) in [7, 11) is 4.06. The smallest absolute Gasteiger partial charge is 0.191 e. The van der Waals surface area contributed by atoms with Crippen LogP contribution in [-0.2, 0) is 0 Å². The first-order chi connectivity index (χ1) is 13.3. The van der Waals surface area contributed by atoms with Crippen molar-refractivity contribution >= 4 is 29.9 Å². The number of piperidine rings is 1. The third kappa shape index (κ3) is 6.78. The Kier molecular flexibility index (Phi) is 9.78. The molecule has 1 saturated heterocycles. The third-order valence-electron chi connectivity index (χ3n) is 5.50. The predicted octanol–water partition coefficient (Wildman–Crippen LogP) is 3.94. The Bertz CT molecular complexity index is 658. The van der Waals surface area contributed by atoms with Gasteiger partial charge >= 0.3 is 0 Å². The second-order valence-corrected chi connectivity index (χ2v) is 7.45. The molecule has 0 unspecified atom stereocenters. The average Bonchev–Trinajstić information content (AvgIpc) is 2.73. The van der Waals surface area contributed by atoms with Crippen molar-refractivity contribution in [3.8, 4) is 0 Å². The van der Waals surface area contributed by atoms with Crippen LogP contribution in [0.1, 0.15) is 29.9 Å². The molecule has 2 aromatic rings. The minimum absolute atomic E-state index is 0. The summed E-state index contributed by atoms with van der Waals surface area (Å²) in [4.78, 5) is 6.84. The van der Waals surface area contributed by atoms with Crippen molar-refractivity contribution in [1.29, 1.82) is 0 Å². The topological polar surface area (TPSA) is 39.7 Å². The molecule has 0 bridgehead atoms. The Labute approximate surface area is 186 Å². The highest BCUT2D eigenvalue weighted by molar-refractivity contribution is 14.0. The van der Waals surface area contributed by atoms with Gasteiger partial charge in [-0.2, -0.15) is 0 Å². The predicted molar refractivity (Wildman–Crippen MR) is 130 cm³/mol. The largest absolute Gasteiger partial charge is 0.356 e. The van der Waals surface area contributed by atoms with Crippen molar-refractivity contribution < 1.29 is 0 Å². The van der Waals surface area contributed by atoms with E-state index in [1.54, 1.807) is 0 Å². The fraction of sp³-hybridized carbons (Fsp3) is 0.435. The van der Waals surface area contributed by atoms with Gasteiger partial charge in [0.05, 0.1) is 0 Å². The highest BCUT2D eigenvalue weighted by atomic mass is 127. The van der Waals surface area contributed by atoms with Crippen molar-refractivity contribution in [2.45, 2.75) is 18.8 Å². The Morgan fingerprint density at radius 2 is 1.50 bits per heavy atom. The lowest BCUT2D eigenvalue weighted by Crippen LogP contribution is -2.43. The minimum Gasteiger partial charge on any atom is -0.356 e. The molecule has 1 heterocycles. The standard InChI is InChI=1S/C23H32N4.HI/c1-24-23(25-17-19-13-15-27(2)16-14-19)26-18-22(20-9-5-3-6-10-20)21-11-7-4-8-12-21;/h3-12,19,22H,13-18H2,1-2H3,(H2,24,25,26);1H. The van der Waals surface area contributed by atoms with E-state index in [0.717, 1.165) is 25.0 Å². The number of benzene rings is 2. The van der Waals surface area contributed by atoms with E-state index in [-0.39, 0.29) is 24.0 Å². The van der Waals surface area contributed by atoms with Gasteiger partial charge < -0.3 is 15.5 Å². The van der Waals surface area contributed by atoms with Gasteiger partial charge in [0.2, 0.25) is 0 Å². The number of hydrogen-bond donors (Lipinski definition) is 2. The van der Waals surface area contributed by atoms with Crippen molar-refractivity contribution in [3.63, 3.8) is 0 Å². The molecule has 0 spiro atoms. The third-order valence-corrected chi connectivity index (χ3v) is 5.50. The number of hydrogen-bond acceptors (Lipinski definition) is 2. The van der Waals surface area contributed by atoms with E-state index < -0.39 is 0 Å². The van der Waals surface area contributed by atoms with Crippen LogP contribution in [-0.4, -0.2) is 51.1 Å². The molecule has 0 radical (unpaired) electrons. The van der Waals surface area contributed by atoms with E-state index in [4.69, 9.17) is 0 Å². The zero-order chi connectivity index (χ0) is 18.9. The maximum Gasteiger partial charge on any atom is 0.191 e. The van der Waals surface area contributed by atoms with Crippen LogP contribution in [0.25, 0.3) is 0 Å². The fourth-order valence-electron chi connectivity index (χ4n) is 3.73. The Balaban J connectivity index is 0.00000280. The van der Waals surface area contributed by atoms with Crippen LogP contribution in [0.2, 0.25) is 0 Å². The van der Waals surface area contributed by atoms with Crippen LogP contribution >= 0.6 is 24.0 Å². The van der Waals surface area contributed by atoms with E-state index in [1.165, 1.54) is 37.1 Å². The molecule has 1 aliphatic rings. The molecular formula is C23H33IN4. The number of halogens is 1. The quantitative estimate of drug-likeness (QED) is 0.365. The number of aliphatic imine (C=N–C) groups is 1. The van der Waals surface area contributed by atoms with Crippen molar-refractivity contribution in [2.75, 3.05) is 40.3 Å². The van der Waals surface area contributed by atoms with Gasteiger partial charge in [-0.15, -0.1) is 24.0 Å². The molecule has 152 valence electrons. The maximum atomic E-state index is 4.43. The molecule has 0 saturated carbocycles. The first-order valence-corrected chi connectivity index (χ1v) is 9.99. The second-order valence-electron chi connectivity index (χ2n) is 7.45. The normalized spacial score (nSPS) is 15.9. The SMILES string of the molecule is CN=C(NCC1CCN(C)CC1)NCC(c1ccccc1)c1ccccc1.I. The van der Waals surface area contributed by atoms with E-state index in [2.05, 4.69) is 88.2 Å². The van der Waals surface area contributed by atoms with E-state index in [0.29, 0.717) is 5.92 Å². The molecule has 0 amide bonds. The summed E-state index contributed by atoms with van der Waals surface area (Å²) in [5.74, 6) is 1.93. The molecule has 2 N–H and O–H groups in total. The summed E-state index contributed by atoms with van der Waals surface area (Å²) in [6, 6.07) is 21.4. The van der Waals surface area contributed by atoms with Gasteiger partial charge in [0.25, 0.3) is 0 Å². The van der Waals surface area contributed by atoms with Crippen LogP contribution in [0.15, 0.2) is 65.7 Å². The maximum absolute atomic E-state index is 4.43. The molecule has 0 aromatic heterocycles. The summed E-state index contributed by atoms with van der Waals surface area (Å²) in [6.45, 7) is 4.21. The fourth-order valence-corrected chi connectivity index (χ4v) is 3.73. The van der Waals surface area contributed by atoms with Crippen molar-refractivity contribution in [2.24, 2.45) is 10.9 Å². The van der Waals surface area contributed by atoms with Gasteiger partial charge in [-0.05, 0) is 50.0 Å². The minimum atomic E-state index is 0. The number of guanidine groups is 1. The van der Waals surface area contributed by atoms with E-state index in [1.807, 2.05) is 7.05 Å². The monoisotopic (exact) mass is 492 g/mol. The molecule has 2 aromatic carbocycles. The van der Waals surface area contributed by atoms with E-state index >= 15 is 0 Å². The molecule has 4 nitrogen and oxygen atoms in total. The van der Waals surface area contributed by atoms with Gasteiger partial charge in [-0.25, -0.2) is 0 Å².